The number of likely N-dealkylation sites (tertiary alicyclic amines) is 1. The van der Waals surface area contributed by atoms with Crippen molar-refractivity contribution in [1.29, 1.82) is 0 Å². The highest BCUT2D eigenvalue weighted by molar-refractivity contribution is 5.83. The first-order chi connectivity index (χ1) is 11.2. The number of benzene rings is 2. The molecule has 1 saturated heterocycles. The summed E-state index contributed by atoms with van der Waals surface area (Å²) < 4.78 is 0. The topological polar surface area (TPSA) is 46.3 Å². The number of hydrogen-bond donors (Lipinski definition) is 1. The number of amides is 1. The Bertz CT molecular complexity index is 619. The molecule has 0 saturated carbocycles. The van der Waals surface area contributed by atoms with E-state index in [2.05, 4.69) is 30.3 Å². The predicted octanol–water partition coefficient (Wildman–Crippen LogP) is 3.17. The van der Waals surface area contributed by atoms with Crippen LogP contribution >= 0.6 is 0 Å². The zero-order chi connectivity index (χ0) is 16.1. The number of hydrogen-bond acceptors (Lipinski definition) is 2. The summed E-state index contributed by atoms with van der Waals surface area (Å²) in [5.74, 6) is 0.712. The van der Waals surface area contributed by atoms with Crippen LogP contribution in [0.3, 0.4) is 0 Å². The minimum Gasteiger partial charge on any atom is -0.341 e. The van der Waals surface area contributed by atoms with Gasteiger partial charge in [0, 0.05) is 13.1 Å². The molecule has 1 unspecified atom stereocenters. The summed E-state index contributed by atoms with van der Waals surface area (Å²) in [5, 5.41) is 0. The fourth-order valence-electron chi connectivity index (χ4n) is 3.30. The summed E-state index contributed by atoms with van der Waals surface area (Å²) in [5.41, 5.74) is 8.42. The van der Waals surface area contributed by atoms with E-state index in [4.69, 9.17) is 5.73 Å². The molecule has 0 aliphatic carbocycles. The smallest absolute Gasteiger partial charge is 0.244 e. The molecule has 0 bridgehead atoms. The van der Waals surface area contributed by atoms with Crippen LogP contribution in [-0.2, 0) is 11.2 Å². The molecule has 3 heteroatoms. The Morgan fingerprint density at radius 1 is 1.00 bits per heavy atom. The quantitative estimate of drug-likeness (QED) is 0.943. The van der Waals surface area contributed by atoms with Crippen LogP contribution in [0.1, 0.15) is 30.0 Å². The van der Waals surface area contributed by atoms with Crippen LogP contribution in [-0.4, -0.2) is 23.9 Å². The number of rotatable bonds is 4. The number of piperidine rings is 1. The molecule has 3 nitrogen and oxygen atoms in total. The van der Waals surface area contributed by atoms with Crippen molar-refractivity contribution < 1.29 is 4.79 Å². The average molecular weight is 308 g/mol. The molecule has 2 aromatic rings. The lowest BCUT2D eigenvalue weighted by atomic mass is 9.90. The molecule has 0 spiro atoms. The second-order valence-corrected chi connectivity index (χ2v) is 6.35. The second-order valence-electron chi connectivity index (χ2n) is 6.35. The fourth-order valence-corrected chi connectivity index (χ4v) is 3.30. The van der Waals surface area contributed by atoms with E-state index in [1.807, 2.05) is 35.2 Å². The van der Waals surface area contributed by atoms with Crippen molar-refractivity contribution in [3.63, 3.8) is 0 Å². The average Bonchev–Trinajstić information content (AvgIpc) is 2.63. The van der Waals surface area contributed by atoms with Crippen molar-refractivity contribution in [2.45, 2.75) is 25.3 Å². The highest BCUT2D eigenvalue weighted by atomic mass is 16.2. The standard InChI is InChI=1S/C20H24N2O/c21-19(18-9-5-2-6-10-18)20(23)22-13-11-17(12-14-22)15-16-7-3-1-4-8-16/h1-10,17,19H,11-15,21H2. The number of carbonyl (C=O) groups excluding carboxylic acids is 1. The van der Waals surface area contributed by atoms with E-state index in [0.717, 1.165) is 37.9 Å². The molecule has 0 radical (unpaired) electrons. The zero-order valence-electron chi connectivity index (χ0n) is 13.4. The van der Waals surface area contributed by atoms with Crippen molar-refractivity contribution >= 4 is 5.91 Å². The highest BCUT2D eigenvalue weighted by Gasteiger charge is 2.27. The van der Waals surface area contributed by atoms with E-state index in [0.29, 0.717) is 5.92 Å². The van der Waals surface area contributed by atoms with E-state index < -0.39 is 6.04 Å². The monoisotopic (exact) mass is 308 g/mol. The Balaban J connectivity index is 1.53. The Labute approximate surface area is 138 Å². The minimum atomic E-state index is -0.540. The number of nitrogens with zero attached hydrogens (tertiary/aromatic N) is 1. The van der Waals surface area contributed by atoms with Gasteiger partial charge in [0.1, 0.15) is 6.04 Å². The highest BCUT2D eigenvalue weighted by Crippen LogP contribution is 2.23. The third-order valence-corrected chi connectivity index (χ3v) is 4.72. The van der Waals surface area contributed by atoms with Crippen LogP contribution in [0.2, 0.25) is 0 Å². The van der Waals surface area contributed by atoms with Crippen LogP contribution in [0.15, 0.2) is 60.7 Å². The lowest BCUT2D eigenvalue weighted by Crippen LogP contribution is -2.43. The van der Waals surface area contributed by atoms with Gasteiger partial charge in [-0.05, 0) is 36.3 Å². The molecular weight excluding hydrogens is 284 g/mol. The maximum absolute atomic E-state index is 12.6. The van der Waals surface area contributed by atoms with Crippen LogP contribution in [0.5, 0.6) is 0 Å². The molecule has 1 aliphatic heterocycles. The first-order valence-electron chi connectivity index (χ1n) is 8.37. The molecule has 1 atom stereocenters. The molecule has 0 aromatic heterocycles. The third kappa shape index (κ3) is 3.99. The normalized spacial score (nSPS) is 17.0. The molecule has 1 aliphatic rings. The van der Waals surface area contributed by atoms with Gasteiger partial charge in [0.05, 0.1) is 0 Å². The summed E-state index contributed by atoms with van der Waals surface area (Å²) in [6.07, 6.45) is 3.22. The minimum absolute atomic E-state index is 0.0503. The van der Waals surface area contributed by atoms with Crippen molar-refractivity contribution in [2.24, 2.45) is 11.7 Å². The third-order valence-electron chi connectivity index (χ3n) is 4.72. The predicted molar refractivity (Wildman–Crippen MR) is 92.8 cm³/mol. The van der Waals surface area contributed by atoms with Gasteiger partial charge in [0.15, 0.2) is 0 Å². The van der Waals surface area contributed by atoms with Gasteiger partial charge in [-0.25, -0.2) is 0 Å². The molecule has 1 fully saturated rings. The van der Waals surface area contributed by atoms with Gasteiger partial charge in [-0.1, -0.05) is 60.7 Å². The molecule has 1 heterocycles. The summed E-state index contributed by atoms with van der Waals surface area (Å²) in [4.78, 5) is 14.5. The van der Waals surface area contributed by atoms with Gasteiger partial charge in [-0.15, -0.1) is 0 Å². The molecule has 1 amide bonds. The van der Waals surface area contributed by atoms with E-state index in [1.165, 1.54) is 5.56 Å². The second kappa shape index (κ2) is 7.42. The lowest BCUT2D eigenvalue weighted by Gasteiger charge is -2.33. The summed E-state index contributed by atoms with van der Waals surface area (Å²) >= 11 is 0. The van der Waals surface area contributed by atoms with Crippen LogP contribution in [0, 0.1) is 5.92 Å². The van der Waals surface area contributed by atoms with Crippen molar-refractivity contribution in [3.8, 4) is 0 Å². The number of nitrogens with two attached hydrogens (primary N) is 1. The zero-order valence-corrected chi connectivity index (χ0v) is 13.4. The maximum atomic E-state index is 12.6. The van der Waals surface area contributed by atoms with E-state index in [9.17, 15) is 4.79 Å². The first kappa shape index (κ1) is 15.8. The van der Waals surface area contributed by atoms with Crippen molar-refractivity contribution in [3.05, 3.63) is 71.8 Å². The molecule has 120 valence electrons. The molecule has 2 N–H and O–H groups in total. The maximum Gasteiger partial charge on any atom is 0.244 e. The summed E-state index contributed by atoms with van der Waals surface area (Å²) in [6, 6.07) is 19.7. The van der Waals surface area contributed by atoms with E-state index in [1.54, 1.807) is 0 Å². The molecule has 23 heavy (non-hydrogen) atoms. The Morgan fingerprint density at radius 2 is 1.57 bits per heavy atom. The van der Waals surface area contributed by atoms with Crippen LogP contribution < -0.4 is 5.73 Å². The fraction of sp³-hybridized carbons (Fsp3) is 0.350. The van der Waals surface area contributed by atoms with Crippen molar-refractivity contribution in [2.75, 3.05) is 13.1 Å². The number of carbonyl (C=O) groups is 1. The Hall–Kier alpha value is -2.13. The lowest BCUT2D eigenvalue weighted by molar-refractivity contribution is -0.134. The van der Waals surface area contributed by atoms with Gasteiger partial charge in [-0.3, -0.25) is 4.79 Å². The first-order valence-corrected chi connectivity index (χ1v) is 8.37. The van der Waals surface area contributed by atoms with Gasteiger partial charge in [0.25, 0.3) is 0 Å². The SMILES string of the molecule is NC(C(=O)N1CCC(Cc2ccccc2)CC1)c1ccccc1. The van der Waals surface area contributed by atoms with E-state index >= 15 is 0 Å². The van der Waals surface area contributed by atoms with Crippen LogP contribution in [0.25, 0.3) is 0 Å². The molecular formula is C20H24N2O. The molecule has 3 rings (SSSR count). The van der Waals surface area contributed by atoms with Gasteiger partial charge < -0.3 is 10.6 Å². The van der Waals surface area contributed by atoms with Gasteiger partial charge in [0.2, 0.25) is 5.91 Å². The molecule has 2 aromatic carbocycles. The van der Waals surface area contributed by atoms with E-state index in [-0.39, 0.29) is 5.91 Å². The summed E-state index contributed by atoms with van der Waals surface area (Å²) in [7, 11) is 0. The van der Waals surface area contributed by atoms with Gasteiger partial charge >= 0.3 is 0 Å². The Morgan fingerprint density at radius 3 is 2.17 bits per heavy atom. The van der Waals surface area contributed by atoms with Crippen LogP contribution in [0.4, 0.5) is 0 Å². The largest absolute Gasteiger partial charge is 0.341 e. The van der Waals surface area contributed by atoms with Crippen molar-refractivity contribution in [1.82, 2.24) is 4.90 Å². The Kier molecular flexibility index (Phi) is 5.09. The van der Waals surface area contributed by atoms with Gasteiger partial charge in [-0.2, -0.15) is 0 Å². The summed E-state index contributed by atoms with van der Waals surface area (Å²) in [6.45, 7) is 1.63.